The second-order valence-corrected chi connectivity index (χ2v) is 3.84. The third-order valence-corrected chi connectivity index (χ3v) is 2.64. The molecule has 1 nitrogen and oxygen atoms in total. The van der Waals surface area contributed by atoms with Gasteiger partial charge >= 0.3 is 0 Å². The van der Waals surface area contributed by atoms with Gasteiger partial charge in [0.1, 0.15) is 11.6 Å². The molecule has 0 aliphatic rings. The summed E-state index contributed by atoms with van der Waals surface area (Å²) < 4.78 is 26.6. The second kappa shape index (κ2) is 4.52. The van der Waals surface area contributed by atoms with E-state index in [1.54, 1.807) is 0 Å². The molecule has 4 heteroatoms. The minimum atomic E-state index is -0.580. The van der Waals surface area contributed by atoms with E-state index in [9.17, 15) is 8.78 Å². The molecular weight excluding hydrogens is 244 g/mol. The Hall–Kier alpha value is -1.92. The molecule has 0 atom stereocenters. The van der Waals surface area contributed by atoms with Crippen molar-refractivity contribution in [1.29, 1.82) is 5.26 Å². The predicted molar refractivity (Wildman–Crippen MR) is 61.5 cm³/mol. The van der Waals surface area contributed by atoms with Crippen LogP contribution in [0.4, 0.5) is 8.78 Å². The maximum atomic E-state index is 13.6. The maximum absolute atomic E-state index is 13.6. The van der Waals surface area contributed by atoms with Crippen LogP contribution in [0.2, 0.25) is 5.02 Å². The van der Waals surface area contributed by atoms with Crippen molar-refractivity contribution >= 4 is 11.6 Å². The molecule has 0 unspecified atom stereocenters. The lowest BCUT2D eigenvalue weighted by Gasteiger charge is -2.06. The van der Waals surface area contributed by atoms with Crippen molar-refractivity contribution in [1.82, 2.24) is 0 Å². The molecule has 0 amide bonds. The molecule has 0 radical (unpaired) electrons. The fraction of sp³-hybridized carbons (Fsp3) is 0. The standard InChI is InChI=1S/C13H6ClF2N/c14-12-3-1-8(7-17)5-10(12)11-6-9(15)2-4-13(11)16/h1-6H. The smallest absolute Gasteiger partial charge is 0.131 e. The highest BCUT2D eigenvalue weighted by molar-refractivity contribution is 6.33. The topological polar surface area (TPSA) is 23.8 Å². The number of benzene rings is 2. The van der Waals surface area contributed by atoms with Gasteiger partial charge in [-0.3, -0.25) is 0 Å². The van der Waals surface area contributed by atoms with Gasteiger partial charge in [-0.1, -0.05) is 11.6 Å². The van der Waals surface area contributed by atoms with E-state index in [0.717, 1.165) is 18.2 Å². The highest BCUT2D eigenvalue weighted by atomic mass is 35.5. The van der Waals surface area contributed by atoms with Gasteiger partial charge in [0.15, 0.2) is 0 Å². The van der Waals surface area contributed by atoms with Crippen LogP contribution in [0.5, 0.6) is 0 Å². The van der Waals surface area contributed by atoms with Crippen LogP contribution in [0.15, 0.2) is 36.4 Å². The van der Waals surface area contributed by atoms with E-state index in [2.05, 4.69) is 0 Å². The molecule has 2 rings (SSSR count). The lowest BCUT2D eigenvalue weighted by molar-refractivity contribution is 0.603. The minimum Gasteiger partial charge on any atom is -0.207 e. The maximum Gasteiger partial charge on any atom is 0.131 e. The largest absolute Gasteiger partial charge is 0.207 e. The molecule has 0 aliphatic heterocycles. The Labute approximate surface area is 102 Å². The summed E-state index contributed by atoms with van der Waals surface area (Å²) in [6, 6.07) is 9.47. The molecule has 0 spiro atoms. The van der Waals surface area contributed by atoms with Crippen LogP contribution in [0.25, 0.3) is 11.1 Å². The van der Waals surface area contributed by atoms with Gasteiger partial charge < -0.3 is 0 Å². The molecule has 0 aliphatic carbocycles. The summed E-state index contributed by atoms with van der Waals surface area (Å²) >= 11 is 5.91. The summed E-state index contributed by atoms with van der Waals surface area (Å²) in [7, 11) is 0. The van der Waals surface area contributed by atoms with Gasteiger partial charge in [0.25, 0.3) is 0 Å². The zero-order valence-electron chi connectivity index (χ0n) is 8.55. The van der Waals surface area contributed by atoms with Crippen LogP contribution in [0.1, 0.15) is 5.56 Å². The first-order valence-electron chi connectivity index (χ1n) is 4.77. The van der Waals surface area contributed by atoms with Crippen molar-refractivity contribution in [2.75, 3.05) is 0 Å². The van der Waals surface area contributed by atoms with Crippen LogP contribution in [0.3, 0.4) is 0 Å². The highest BCUT2D eigenvalue weighted by Crippen LogP contribution is 2.31. The summed E-state index contributed by atoms with van der Waals surface area (Å²) in [6.07, 6.45) is 0. The fourth-order valence-electron chi connectivity index (χ4n) is 1.51. The Balaban J connectivity index is 2.68. The summed E-state index contributed by atoms with van der Waals surface area (Å²) in [6.45, 7) is 0. The molecule has 0 fully saturated rings. The molecule has 17 heavy (non-hydrogen) atoms. The molecular formula is C13H6ClF2N. The number of halogens is 3. The molecule has 0 heterocycles. The third kappa shape index (κ3) is 2.27. The van der Waals surface area contributed by atoms with E-state index in [1.807, 2.05) is 6.07 Å². The van der Waals surface area contributed by atoms with Gasteiger partial charge in [0.2, 0.25) is 0 Å². The SMILES string of the molecule is N#Cc1ccc(Cl)c(-c2cc(F)ccc2F)c1. The van der Waals surface area contributed by atoms with Crippen LogP contribution in [-0.4, -0.2) is 0 Å². The molecule has 84 valence electrons. The normalized spacial score (nSPS) is 10.0. The summed E-state index contributed by atoms with van der Waals surface area (Å²) in [4.78, 5) is 0. The van der Waals surface area contributed by atoms with E-state index in [-0.39, 0.29) is 10.6 Å². The van der Waals surface area contributed by atoms with Crippen LogP contribution >= 0.6 is 11.6 Å². The Kier molecular flexibility index (Phi) is 3.08. The molecule has 2 aromatic rings. The average molecular weight is 250 g/mol. The Bertz CT molecular complexity index is 617. The minimum absolute atomic E-state index is 0.0482. The van der Waals surface area contributed by atoms with Gasteiger partial charge in [-0.05, 0) is 36.4 Å². The van der Waals surface area contributed by atoms with Gasteiger partial charge in [-0.2, -0.15) is 5.26 Å². The van der Waals surface area contributed by atoms with E-state index in [4.69, 9.17) is 16.9 Å². The third-order valence-electron chi connectivity index (χ3n) is 2.31. The molecule has 0 N–H and O–H groups in total. The highest BCUT2D eigenvalue weighted by Gasteiger charge is 2.10. The van der Waals surface area contributed by atoms with Gasteiger partial charge in [-0.15, -0.1) is 0 Å². The molecule has 0 saturated heterocycles. The summed E-state index contributed by atoms with van der Waals surface area (Å²) in [5.41, 5.74) is 0.697. The molecule has 2 aromatic carbocycles. The van der Waals surface area contributed by atoms with E-state index >= 15 is 0 Å². The number of hydrogen-bond donors (Lipinski definition) is 0. The van der Waals surface area contributed by atoms with Crippen molar-refractivity contribution in [3.63, 3.8) is 0 Å². The molecule has 0 saturated carbocycles. The number of hydrogen-bond acceptors (Lipinski definition) is 1. The van der Waals surface area contributed by atoms with Gasteiger partial charge in [-0.25, -0.2) is 8.78 Å². The van der Waals surface area contributed by atoms with Crippen LogP contribution < -0.4 is 0 Å². The quantitative estimate of drug-likeness (QED) is 0.745. The second-order valence-electron chi connectivity index (χ2n) is 3.43. The van der Waals surface area contributed by atoms with Crippen molar-refractivity contribution < 1.29 is 8.78 Å². The van der Waals surface area contributed by atoms with Crippen molar-refractivity contribution in [2.45, 2.75) is 0 Å². The van der Waals surface area contributed by atoms with Crippen molar-refractivity contribution in [3.05, 3.63) is 58.6 Å². The first kappa shape index (κ1) is 11.6. The fourth-order valence-corrected chi connectivity index (χ4v) is 1.72. The Morgan fingerprint density at radius 1 is 1.00 bits per heavy atom. The van der Waals surface area contributed by atoms with Crippen LogP contribution in [-0.2, 0) is 0 Å². The lowest BCUT2D eigenvalue weighted by Crippen LogP contribution is -1.88. The van der Waals surface area contributed by atoms with E-state index in [1.165, 1.54) is 18.2 Å². The Morgan fingerprint density at radius 2 is 1.76 bits per heavy atom. The first-order chi connectivity index (χ1) is 8.11. The van der Waals surface area contributed by atoms with Crippen LogP contribution in [0, 0.1) is 23.0 Å². The molecule has 0 aromatic heterocycles. The Morgan fingerprint density at radius 3 is 2.47 bits per heavy atom. The first-order valence-corrected chi connectivity index (χ1v) is 5.14. The summed E-state index contributed by atoms with van der Waals surface area (Å²) in [5.74, 6) is -1.14. The summed E-state index contributed by atoms with van der Waals surface area (Å²) in [5, 5.41) is 9.03. The van der Waals surface area contributed by atoms with Crippen molar-refractivity contribution in [2.24, 2.45) is 0 Å². The van der Waals surface area contributed by atoms with E-state index in [0.29, 0.717) is 11.1 Å². The predicted octanol–water partition coefficient (Wildman–Crippen LogP) is 4.16. The number of rotatable bonds is 1. The van der Waals surface area contributed by atoms with E-state index < -0.39 is 11.6 Å². The molecule has 0 bridgehead atoms. The zero-order chi connectivity index (χ0) is 12.4. The monoisotopic (exact) mass is 249 g/mol. The number of nitriles is 1. The zero-order valence-corrected chi connectivity index (χ0v) is 9.30. The average Bonchev–Trinajstić information content (AvgIpc) is 2.33. The van der Waals surface area contributed by atoms with Gasteiger partial charge in [0.05, 0.1) is 11.6 Å². The lowest BCUT2D eigenvalue weighted by atomic mass is 10.0. The van der Waals surface area contributed by atoms with Crippen molar-refractivity contribution in [3.8, 4) is 17.2 Å². The number of nitrogens with zero attached hydrogens (tertiary/aromatic N) is 1. The van der Waals surface area contributed by atoms with Gasteiger partial charge in [0, 0.05) is 16.1 Å².